The molecule has 0 saturated heterocycles. The summed E-state index contributed by atoms with van der Waals surface area (Å²) in [7, 11) is 0. The molecule has 0 radical (unpaired) electrons. The number of para-hydroxylation sites is 1. The first-order valence-electron chi connectivity index (χ1n) is 9.99. The van der Waals surface area contributed by atoms with Gasteiger partial charge < -0.3 is 9.64 Å². The van der Waals surface area contributed by atoms with Crippen molar-refractivity contribution in [3.63, 3.8) is 0 Å². The second kappa shape index (κ2) is 7.21. The van der Waals surface area contributed by atoms with Crippen LogP contribution in [0.25, 0.3) is 0 Å². The van der Waals surface area contributed by atoms with E-state index < -0.39 is 0 Å². The monoisotopic (exact) mass is 383 g/mol. The van der Waals surface area contributed by atoms with E-state index in [9.17, 15) is 9.59 Å². The van der Waals surface area contributed by atoms with E-state index in [-0.39, 0.29) is 18.0 Å². The standard InChI is InChI=1S/C25H21NO3/c27-24(26-14-6-10-17-7-4-5-11-22(17)26)19-12-13-21-20(15-19)16-23(29-25(21)28)18-8-2-1-3-9-18/h1-5,7-9,11-13,15,23H,6,10,14,16H2/t23-/m0/s1. The number of cyclic esters (lactones) is 1. The Balaban J connectivity index is 1.47. The molecule has 0 bridgehead atoms. The smallest absolute Gasteiger partial charge is 0.339 e. The number of esters is 1. The number of rotatable bonds is 2. The van der Waals surface area contributed by atoms with Crippen molar-refractivity contribution in [3.8, 4) is 0 Å². The summed E-state index contributed by atoms with van der Waals surface area (Å²) in [5.41, 5.74) is 5.19. The summed E-state index contributed by atoms with van der Waals surface area (Å²) >= 11 is 0. The number of hydrogen-bond donors (Lipinski definition) is 0. The van der Waals surface area contributed by atoms with Gasteiger partial charge in [0.05, 0.1) is 5.56 Å². The van der Waals surface area contributed by atoms with Gasteiger partial charge in [-0.15, -0.1) is 0 Å². The molecular formula is C25H21NO3. The van der Waals surface area contributed by atoms with Gasteiger partial charge in [0.15, 0.2) is 0 Å². The van der Waals surface area contributed by atoms with Gasteiger partial charge in [0.2, 0.25) is 0 Å². The van der Waals surface area contributed by atoms with Crippen molar-refractivity contribution in [1.29, 1.82) is 0 Å². The number of anilines is 1. The maximum atomic E-state index is 13.3. The topological polar surface area (TPSA) is 46.6 Å². The van der Waals surface area contributed by atoms with E-state index in [4.69, 9.17) is 4.74 Å². The molecule has 0 fully saturated rings. The van der Waals surface area contributed by atoms with Crippen molar-refractivity contribution < 1.29 is 14.3 Å². The maximum absolute atomic E-state index is 13.3. The Morgan fingerprint density at radius 1 is 0.931 bits per heavy atom. The summed E-state index contributed by atoms with van der Waals surface area (Å²) in [6.07, 6.45) is 2.20. The molecule has 2 heterocycles. The molecule has 4 nitrogen and oxygen atoms in total. The van der Waals surface area contributed by atoms with Crippen LogP contribution in [0.15, 0.2) is 72.8 Å². The lowest BCUT2D eigenvalue weighted by Gasteiger charge is -2.30. The quantitative estimate of drug-likeness (QED) is 0.601. The molecule has 1 atom stereocenters. The number of amides is 1. The molecule has 0 N–H and O–H groups in total. The fourth-order valence-corrected chi connectivity index (χ4v) is 4.28. The molecule has 0 aromatic heterocycles. The average Bonchev–Trinajstić information content (AvgIpc) is 2.78. The van der Waals surface area contributed by atoms with Gasteiger partial charge in [0.1, 0.15) is 6.10 Å². The van der Waals surface area contributed by atoms with Crippen molar-refractivity contribution in [2.75, 3.05) is 11.4 Å². The maximum Gasteiger partial charge on any atom is 0.339 e. The highest BCUT2D eigenvalue weighted by Crippen LogP contribution is 2.32. The van der Waals surface area contributed by atoms with Crippen LogP contribution in [0.5, 0.6) is 0 Å². The lowest BCUT2D eigenvalue weighted by molar-refractivity contribution is 0.0252. The van der Waals surface area contributed by atoms with Crippen molar-refractivity contribution >= 4 is 17.6 Å². The number of carbonyl (C=O) groups is 2. The first kappa shape index (κ1) is 17.7. The average molecular weight is 383 g/mol. The van der Waals surface area contributed by atoms with E-state index in [0.29, 0.717) is 24.1 Å². The minimum atomic E-state index is -0.331. The predicted octanol–water partition coefficient (Wildman–Crippen LogP) is 4.73. The third-order valence-corrected chi connectivity index (χ3v) is 5.75. The molecule has 0 unspecified atom stereocenters. The predicted molar refractivity (Wildman–Crippen MR) is 111 cm³/mol. The lowest BCUT2D eigenvalue weighted by Crippen LogP contribution is -2.35. The number of aryl methyl sites for hydroxylation is 1. The molecular weight excluding hydrogens is 362 g/mol. The Kier molecular flexibility index (Phi) is 4.39. The zero-order valence-electron chi connectivity index (χ0n) is 16.0. The molecule has 2 aliphatic heterocycles. The zero-order chi connectivity index (χ0) is 19.8. The molecule has 0 aliphatic carbocycles. The molecule has 5 rings (SSSR count). The summed E-state index contributed by atoms with van der Waals surface area (Å²) in [4.78, 5) is 27.6. The SMILES string of the molecule is O=C1O[C@H](c2ccccc2)Cc2cc(C(=O)N3CCCc4ccccc43)ccc21. The van der Waals surface area contributed by atoms with Crippen LogP contribution in [-0.2, 0) is 17.6 Å². The van der Waals surface area contributed by atoms with Crippen molar-refractivity contribution in [1.82, 2.24) is 0 Å². The lowest BCUT2D eigenvalue weighted by atomic mass is 9.92. The molecule has 2 aliphatic rings. The van der Waals surface area contributed by atoms with Gasteiger partial charge in [0.25, 0.3) is 5.91 Å². The first-order valence-corrected chi connectivity index (χ1v) is 9.99. The molecule has 0 spiro atoms. The highest BCUT2D eigenvalue weighted by atomic mass is 16.5. The summed E-state index contributed by atoms with van der Waals surface area (Å²) in [5.74, 6) is -0.349. The van der Waals surface area contributed by atoms with E-state index in [1.54, 1.807) is 12.1 Å². The molecule has 1 amide bonds. The highest BCUT2D eigenvalue weighted by molar-refractivity contribution is 6.07. The number of fused-ring (bicyclic) bond motifs is 2. The summed E-state index contributed by atoms with van der Waals surface area (Å²) in [6.45, 7) is 0.710. The van der Waals surface area contributed by atoms with E-state index >= 15 is 0 Å². The van der Waals surface area contributed by atoms with Gasteiger partial charge in [0, 0.05) is 24.2 Å². The Hall–Kier alpha value is -3.40. The number of ether oxygens (including phenoxy) is 1. The van der Waals surface area contributed by atoms with Crippen LogP contribution >= 0.6 is 0 Å². The van der Waals surface area contributed by atoms with Crippen LogP contribution < -0.4 is 4.90 Å². The van der Waals surface area contributed by atoms with Crippen LogP contribution in [0.3, 0.4) is 0 Å². The molecule has 29 heavy (non-hydrogen) atoms. The van der Waals surface area contributed by atoms with Crippen LogP contribution in [0, 0.1) is 0 Å². The van der Waals surface area contributed by atoms with Crippen LogP contribution in [-0.4, -0.2) is 18.4 Å². The van der Waals surface area contributed by atoms with E-state index in [1.807, 2.05) is 59.5 Å². The molecule has 3 aromatic rings. The van der Waals surface area contributed by atoms with E-state index in [0.717, 1.165) is 29.7 Å². The second-order valence-electron chi connectivity index (χ2n) is 7.57. The van der Waals surface area contributed by atoms with Crippen LogP contribution in [0.1, 0.15) is 49.9 Å². The summed E-state index contributed by atoms with van der Waals surface area (Å²) in [5, 5.41) is 0. The van der Waals surface area contributed by atoms with Gasteiger partial charge in [-0.25, -0.2) is 4.79 Å². The van der Waals surface area contributed by atoms with Crippen molar-refractivity contribution in [3.05, 3.63) is 101 Å². The Morgan fingerprint density at radius 2 is 1.72 bits per heavy atom. The molecule has 4 heteroatoms. The van der Waals surface area contributed by atoms with Gasteiger partial charge in [-0.2, -0.15) is 0 Å². The Labute approximate surface area is 169 Å². The summed E-state index contributed by atoms with van der Waals surface area (Å²) in [6, 6.07) is 23.1. The van der Waals surface area contributed by atoms with E-state index in [1.165, 1.54) is 5.56 Å². The highest BCUT2D eigenvalue weighted by Gasteiger charge is 2.29. The number of carbonyl (C=O) groups excluding carboxylic acids is 2. The normalized spacial score (nSPS) is 17.9. The van der Waals surface area contributed by atoms with Gasteiger partial charge in [-0.05, 0) is 53.8 Å². The minimum Gasteiger partial charge on any atom is -0.454 e. The molecule has 3 aromatic carbocycles. The fraction of sp³-hybridized carbons (Fsp3) is 0.200. The largest absolute Gasteiger partial charge is 0.454 e. The van der Waals surface area contributed by atoms with Crippen molar-refractivity contribution in [2.24, 2.45) is 0 Å². The van der Waals surface area contributed by atoms with E-state index in [2.05, 4.69) is 6.07 Å². The third kappa shape index (κ3) is 3.21. The Morgan fingerprint density at radius 3 is 2.59 bits per heavy atom. The molecule has 144 valence electrons. The third-order valence-electron chi connectivity index (χ3n) is 5.75. The first-order chi connectivity index (χ1) is 14.2. The zero-order valence-corrected chi connectivity index (χ0v) is 16.0. The fourth-order valence-electron chi connectivity index (χ4n) is 4.28. The number of nitrogens with zero attached hydrogens (tertiary/aromatic N) is 1. The van der Waals surface area contributed by atoms with Gasteiger partial charge >= 0.3 is 5.97 Å². The second-order valence-corrected chi connectivity index (χ2v) is 7.57. The number of benzene rings is 3. The van der Waals surface area contributed by atoms with Gasteiger partial charge in [-0.1, -0.05) is 48.5 Å². The molecule has 0 saturated carbocycles. The minimum absolute atomic E-state index is 0.0184. The Bertz CT molecular complexity index is 1090. The summed E-state index contributed by atoms with van der Waals surface area (Å²) < 4.78 is 5.63. The van der Waals surface area contributed by atoms with Crippen LogP contribution in [0.4, 0.5) is 5.69 Å². The number of hydrogen-bond acceptors (Lipinski definition) is 3. The van der Waals surface area contributed by atoms with Gasteiger partial charge in [-0.3, -0.25) is 4.79 Å². The van der Waals surface area contributed by atoms with Crippen LogP contribution in [0.2, 0.25) is 0 Å². The van der Waals surface area contributed by atoms with Crippen molar-refractivity contribution in [2.45, 2.75) is 25.4 Å².